The summed E-state index contributed by atoms with van der Waals surface area (Å²) in [6.45, 7) is 3.85. The summed E-state index contributed by atoms with van der Waals surface area (Å²) in [6, 6.07) is -0.100. The van der Waals surface area contributed by atoms with E-state index in [-0.39, 0.29) is 12.6 Å². The van der Waals surface area contributed by atoms with Crippen molar-refractivity contribution < 1.29 is 23.1 Å². The summed E-state index contributed by atoms with van der Waals surface area (Å²) in [5.74, 6) is -2.81. The summed E-state index contributed by atoms with van der Waals surface area (Å²) >= 11 is 0. The highest BCUT2D eigenvalue weighted by molar-refractivity contribution is 5.83. The molecule has 0 aliphatic carbocycles. The van der Waals surface area contributed by atoms with Crippen LogP contribution in [-0.2, 0) is 4.74 Å². The van der Waals surface area contributed by atoms with Crippen LogP contribution in [0.25, 0.3) is 0 Å². The highest BCUT2D eigenvalue weighted by Crippen LogP contribution is 2.27. The smallest absolute Gasteiger partial charge is 0.400 e. The summed E-state index contributed by atoms with van der Waals surface area (Å²) in [5.41, 5.74) is 5.10. The Morgan fingerprint density at radius 1 is 1.44 bits per heavy atom. The molecule has 108 valence electrons. The molecule has 0 saturated carbocycles. The third-order valence-corrected chi connectivity index (χ3v) is 2.60. The molecule has 0 fully saturated rings. The Kier molecular flexibility index (Phi) is 7.00. The van der Waals surface area contributed by atoms with Gasteiger partial charge in [-0.25, -0.2) is 0 Å². The van der Waals surface area contributed by atoms with Crippen LogP contribution in [-0.4, -0.2) is 55.0 Å². The Labute approximate surface area is 104 Å². The van der Waals surface area contributed by atoms with E-state index in [1.807, 2.05) is 0 Å². The molecule has 0 aromatic rings. The van der Waals surface area contributed by atoms with Crippen molar-refractivity contribution >= 4 is 5.84 Å². The molecule has 0 spiro atoms. The van der Waals surface area contributed by atoms with Gasteiger partial charge in [-0.2, -0.15) is 13.2 Å². The van der Waals surface area contributed by atoms with Crippen molar-refractivity contribution in [2.75, 3.05) is 26.8 Å². The topological polar surface area (TPSA) is 71.1 Å². The highest BCUT2D eigenvalue weighted by atomic mass is 19.4. The molecule has 0 saturated heterocycles. The second-order valence-electron chi connectivity index (χ2n) is 4.20. The quantitative estimate of drug-likeness (QED) is 0.316. The molecule has 3 N–H and O–H groups in total. The van der Waals surface area contributed by atoms with Gasteiger partial charge in [0.1, 0.15) is 5.92 Å². The lowest BCUT2D eigenvalue weighted by Crippen LogP contribution is -2.47. The Bertz CT molecular complexity index is 270. The van der Waals surface area contributed by atoms with Crippen molar-refractivity contribution in [3.05, 3.63) is 0 Å². The summed E-state index contributed by atoms with van der Waals surface area (Å²) in [7, 11) is 1.48. The molecule has 0 aromatic carbocycles. The van der Waals surface area contributed by atoms with E-state index in [1.165, 1.54) is 7.11 Å². The van der Waals surface area contributed by atoms with E-state index in [0.717, 1.165) is 0 Å². The predicted molar refractivity (Wildman–Crippen MR) is 61.5 cm³/mol. The molecule has 0 bridgehead atoms. The number of hydrogen-bond acceptors (Lipinski definition) is 4. The third-order valence-electron chi connectivity index (χ3n) is 2.60. The van der Waals surface area contributed by atoms with Crippen LogP contribution in [0.2, 0.25) is 0 Å². The van der Waals surface area contributed by atoms with Crippen molar-refractivity contribution in [3.8, 4) is 0 Å². The minimum absolute atomic E-state index is 0.100. The number of hydrogen-bond donors (Lipinski definition) is 2. The molecule has 1 unspecified atom stereocenters. The average Bonchev–Trinajstić information content (AvgIpc) is 2.26. The number of oxime groups is 1. The van der Waals surface area contributed by atoms with Gasteiger partial charge in [0, 0.05) is 26.2 Å². The normalized spacial score (nSPS) is 15.4. The average molecular weight is 271 g/mol. The predicted octanol–water partition coefficient (Wildman–Crippen LogP) is 1.27. The zero-order chi connectivity index (χ0) is 14.3. The van der Waals surface area contributed by atoms with Gasteiger partial charge in [-0.05, 0) is 13.8 Å². The monoisotopic (exact) mass is 271 g/mol. The minimum Gasteiger partial charge on any atom is -0.409 e. The minimum atomic E-state index is -4.55. The second kappa shape index (κ2) is 7.42. The standard InChI is InChI=1S/C10H20F3N3O2/c1-7(2)16(4-5-18-3)6-8(9(14)15-17)10(11,12)13/h7-8,17H,4-6H2,1-3H3,(H2,14,15). The van der Waals surface area contributed by atoms with Crippen LogP contribution < -0.4 is 5.73 Å². The van der Waals surface area contributed by atoms with Gasteiger partial charge in [0.2, 0.25) is 0 Å². The lowest BCUT2D eigenvalue weighted by molar-refractivity contribution is -0.161. The van der Waals surface area contributed by atoms with Gasteiger partial charge in [0.05, 0.1) is 6.61 Å². The first-order valence-corrected chi connectivity index (χ1v) is 5.51. The lowest BCUT2D eigenvalue weighted by atomic mass is 10.1. The highest BCUT2D eigenvalue weighted by Gasteiger charge is 2.43. The maximum absolute atomic E-state index is 12.8. The fraction of sp³-hybridized carbons (Fsp3) is 0.900. The molecule has 1 atom stereocenters. The fourth-order valence-corrected chi connectivity index (χ4v) is 1.44. The van der Waals surface area contributed by atoms with Crippen LogP contribution >= 0.6 is 0 Å². The molecular formula is C10H20F3N3O2. The van der Waals surface area contributed by atoms with Crippen LogP contribution in [0.5, 0.6) is 0 Å². The fourth-order valence-electron chi connectivity index (χ4n) is 1.44. The number of rotatable bonds is 7. The Hall–Kier alpha value is -1.02. The van der Waals surface area contributed by atoms with Crippen LogP contribution in [0.1, 0.15) is 13.8 Å². The number of nitrogens with two attached hydrogens (primary N) is 1. The van der Waals surface area contributed by atoms with Gasteiger partial charge in [0.15, 0.2) is 5.84 Å². The molecule has 18 heavy (non-hydrogen) atoms. The van der Waals surface area contributed by atoms with Crippen LogP contribution in [0.4, 0.5) is 13.2 Å². The Morgan fingerprint density at radius 2 is 2.00 bits per heavy atom. The summed E-state index contributed by atoms with van der Waals surface area (Å²) < 4.78 is 43.2. The van der Waals surface area contributed by atoms with Crippen LogP contribution in [0, 0.1) is 5.92 Å². The van der Waals surface area contributed by atoms with Crippen molar-refractivity contribution in [2.45, 2.75) is 26.1 Å². The van der Waals surface area contributed by atoms with Gasteiger partial charge >= 0.3 is 6.18 Å². The molecule has 0 aliphatic heterocycles. The number of methoxy groups -OCH3 is 1. The first-order chi connectivity index (χ1) is 8.23. The van der Waals surface area contributed by atoms with Crippen molar-refractivity contribution in [1.29, 1.82) is 0 Å². The van der Waals surface area contributed by atoms with Crippen LogP contribution in [0.15, 0.2) is 5.16 Å². The van der Waals surface area contributed by atoms with E-state index in [9.17, 15) is 13.2 Å². The Balaban J connectivity index is 4.82. The molecule has 0 rings (SSSR count). The van der Waals surface area contributed by atoms with Gasteiger partial charge < -0.3 is 15.7 Å². The molecular weight excluding hydrogens is 251 g/mol. The van der Waals surface area contributed by atoms with E-state index >= 15 is 0 Å². The summed E-state index contributed by atoms with van der Waals surface area (Å²) in [5, 5.41) is 10.9. The van der Waals surface area contributed by atoms with Gasteiger partial charge in [-0.15, -0.1) is 0 Å². The van der Waals surface area contributed by atoms with E-state index in [1.54, 1.807) is 18.7 Å². The first kappa shape index (κ1) is 17.0. The van der Waals surface area contributed by atoms with E-state index in [2.05, 4.69) is 5.16 Å². The van der Waals surface area contributed by atoms with E-state index in [4.69, 9.17) is 15.7 Å². The maximum atomic E-state index is 12.8. The molecule has 0 aliphatic rings. The second-order valence-corrected chi connectivity index (χ2v) is 4.20. The molecule has 8 heteroatoms. The molecule has 5 nitrogen and oxygen atoms in total. The van der Waals surface area contributed by atoms with Crippen molar-refractivity contribution in [3.63, 3.8) is 0 Å². The van der Waals surface area contributed by atoms with Crippen molar-refractivity contribution in [2.24, 2.45) is 16.8 Å². The number of nitrogens with zero attached hydrogens (tertiary/aromatic N) is 2. The zero-order valence-corrected chi connectivity index (χ0v) is 10.7. The van der Waals surface area contributed by atoms with Gasteiger partial charge in [-0.3, -0.25) is 4.90 Å². The molecule has 0 radical (unpaired) electrons. The van der Waals surface area contributed by atoms with E-state index in [0.29, 0.717) is 13.2 Å². The number of amidine groups is 1. The van der Waals surface area contributed by atoms with Gasteiger partial charge in [-0.1, -0.05) is 5.16 Å². The van der Waals surface area contributed by atoms with E-state index < -0.39 is 17.9 Å². The lowest BCUT2D eigenvalue weighted by Gasteiger charge is -2.30. The molecule has 0 heterocycles. The largest absolute Gasteiger partial charge is 0.409 e. The number of halogens is 3. The van der Waals surface area contributed by atoms with Gasteiger partial charge in [0.25, 0.3) is 0 Å². The SMILES string of the molecule is COCCN(CC(C(N)=NO)C(F)(F)F)C(C)C. The molecule has 0 amide bonds. The maximum Gasteiger partial charge on any atom is 0.400 e. The first-order valence-electron chi connectivity index (χ1n) is 5.51. The summed E-state index contributed by atoms with van der Waals surface area (Å²) in [4.78, 5) is 1.57. The third kappa shape index (κ3) is 5.54. The van der Waals surface area contributed by atoms with Crippen molar-refractivity contribution in [1.82, 2.24) is 4.90 Å². The van der Waals surface area contributed by atoms with Crippen LogP contribution in [0.3, 0.4) is 0 Å². The summed E-state index contributed by atoms with van der Waals surface area (Å²) in [6.07, 6.45) is -4.55. The molecule has 0 aromatic heterocycles. The number of ether oxygens (including phenoxy) is 1. The Morgan fingerprint density at radius 3 is 2.33 bits per heavy atom. The number of alkyl halides is 3. The zero-order valence-electron chi connectivity index (χ0n) is 10.7.